The summed E-state index contributed by atoms with van der Waals surface area (Å²) in [6.45, 7) is 1.93. The quantitative estimate of drug-likeness (QED) is 0.461. The van der Waals surface area contributed by atoms with Crippen LogP contribution in [0.1, 0.15) is 27.0 Å². The Bertz CT molecular complexity index is 1090. The molecule has 0 bridgehead atoms. The Kier molecular flexibility index (Phi) is 6.65. The van der Waals surface area contributed by atoms with Crippen LogP contribution in [0.25, 0.3) is 6.08 Å². The molecule has 0 amide bonds. The summed E-state index contributed by atoms with van der Waals surface area (Å²) < 4.78 is 49.4. The molecule has 0 heterocycles. The average molecular weight is 428 g/mol. The third kappa shape index (κ3) is 6.12. The molecular weight excluding hydrogens is 409 g/mol. The SMILES string of the molecule is Cc1cc(Oc2ccccc2OCC=Cc2ccc(C(F)(F)F)cc2)cc(C(=O)O)c1. The van der Waals surface area contributed by atoms with Crippen molar-refractivity contribution in [2.75, 3.05) is 6.61 Å². The Morgan fingerprint density at radius 2 is 1.68 bits per heavy atom. The van der Waals surface area contributed by atoms with Gasteiger partial charge in [0.15, 0.2) is 11.5 Å². The lowest BCUT2D eigenvalue weighted by molar-refractivity contribution is -0.137. The summed E-state index contributed by atoms with van der Waals surface area (Å²) in [4.78, 5) is 11.2. The lowest BCUT2D eigenvalue weighted by Crippen LogP contribution is -2.04. The summed E-state index contributed by atoms with van der Waals surface area (Å²) in [5, 5.41) is 9.20. The maximum atomic E-state index is 12.6. The summed E-state index contributed by atoms with van der Waals surface area (Å²) in [7, 11) is 0. The monoisotopic (exact) mass is 428 g/mol. The number of aromatic carboxylic acids is 1. The summed E-state index contributed by atoms with van der Waals surface area (Å²) in [5.41, 5.74) is 0.775. The van der Waals surface area contributed by atoms with Crippen LogP contribution in [0.4, 0.5) is 13.2 Å². The molecule has 3 aromatic carbocycles. The molecule has 7 heteroatoms. The highest BCUT2D eigenvalue weighted by Gasteiger charge is 2.29. The lowest BCUT2D eigenvalue weighted by Gasteiger charge is -2.12. The fraction of sp³-hybridized carbons (Fsp3) is 0.125. The minimum Gasteiger partial charge on any atom is -0.486 e. The normalized spacial score (nSPS) is 11.5. The van der Waals surface area contributed by atoms with Crippen molar-refractivity contribution in [1.29, 1.82) is 0 Å². The number of carboxylic acids is 1. The average Bonchev–Trinajstić information content (AvgIpc) is 2.71. The molecule has 0 atom stereocenters. The van der Waals surface area contributed by atoms with Crippen LogP contribution in [0.2, 0.25) is 0 Å². The van der Waals surface area contributed by atoms with E-state index in [9.17, 15) is 23.1 Å². The van der Waals surface area contributed by atoms with Gasteiger partial charge in [-0.3, -0.25) is 0 Å². The molecule has 0 fully saturated rings. The summed E-state index contributed by atoms with van der Waals surface area (Å²) in [6.07, 6.45) is -1.03. The van der Waals surface area contributed by atoms with Gasteiger partial charge in [-0.2, -0.15) is 13.2 Å². The Labute approximate surface area is 177 Å². The van der Waals surface area contributed by atoms with Crippen LogP contribution in [0, 0.1) is 6.92 Å². The van der Waals surface area contributed by atoms with Gasteiger partial charge in [-0.15, -0.1) is 0 Å². The highest BCUT2D eigenvalue weighted by Crippen LogP contribution is 2.32. The van der Waals surface area contributed by atoms with Crippen LogP contribution in [-0.2, 0) is 6.18 Å². The zero-order chi connectivity index (χ0) is 22.4. The van der Waals surface area contributed by atoms with E-state index in [2.05, 4.69) is 0 Å². The lowest BCUT2D eigenvalue weighted by atomic mass is 10.1. The molecule has 0 aliphatic heterocycles. The number of rotatable bonds is 7. The van der Waals surface area contributed by atoms with E-state index in [1.54, 1.807) is 55.5 Å². The van der Waals surface area contributed by atoms with Gasteiger partial charge in [-0.1, -0.05) is 30.3 Å². The molecule has 31 heavy (non-hydrogen) atoms. The zero-order valence-electron chi connectivity index (χ0n) is 16.5. The van der Waals surface area contributed by atoms with Crippen LogP contribution < -0.4 is 9.47 Å². The zero-order valence-corrected chi connectivity index (χ0v) is 16.5. The molecule has 3 aromatic rings. The first kappa shape index (κ1) is 22.0. The van der Waals surface area contributed by atoms with E-state index in [0.29, 0.717) is 22.8 Å². The van der Waals surface area contributed by atoms with Crippen LogP contribution in [-0.4, -0.2) is 17.7 Å². The summed E-state index contributed by atoms with van der Waals surface area (Å²) in [5.74, 6) is 0.172. The van der Waals surface area contributed by atoms with E-state index in [4.69, 9.17) is 9.47 Å². The first-order valence-corrected chi connectivity index (χ1v) is 9.31. The third-order valence-electron chi connectivity index (χ3n) is 4.26. The second kappa shape index (κ2) is 9.38. The maximum absolute atomic E-state index is 12.6. The van der Waals surface area contributed by atoms with Crippen LogP contribution in [0.15, 0.2) is 72.8 Å². The van der Waals surface area contributed by atoms with Gasteiger partial charge in [-0.05, 0) is 66.6 Å². The molecular formula is C24H19F3O4. The Morgan fingerprint density at radius 3 is 2.32 bits per heavy atom. The molecule has 0 aliphatic carbocycles. The smallest absolute Gasteiger partial charge is 0.416 e. The predicted molar refractivity (Wildman–Crippen MR) is 111 cm³/mol. The molecule has 3 rings (SSSR count). The summed E-state index contributed by atoms with van der Waals surface area (Å²) >= 11 is 0. The minimum atomic E-state index is -4.36. The van der Waals surface area contributed by atoms with Gasteiger partial charge in [0.2, 0.25) is 0 Å². The van der Waals surface area contributed by atoms with Crippen LogP contribution in [0.3, 0.4) is 0 Å². The molecule has 0 spiro atoms. The van der Waals surface area contributed by atoms with Gasteiger partial charge in [0.25, 0.3) is 0 Å². The second-order valence-electron chi connectivity index (χ2n) is 6.72. The highest BCUT2D eigenvalue weighted by molar-refractivity contribution is 5.88. The van der Waals surface area contributed by atoms with E-state index in [1.165, 1.54) is 18.2 Å². The van der Waals surface area contributed by atoms with E-state index in [-0.39, 0.29) is 12.2 Å². The van der Waals surface area contributed by atoms with Gasteiger partial charge in [0.1, 0.15) is 12.4 Å². The van der Waals surface area contributed by atoms with Crippen LogP contribution >= 0.6 is 0 Å². The third-order valence-corrected chi connectivity index (χ3v) is 4.26. The van der Waals surface area contributed by atoms with Crippen molar-refractivity contribution < 1.29 is 32.5 Å². The molecule has 160 valence electrons. The fourth-order valence-electron chi connectivity index (χ4n) is 2.82. The fourth-order valence-corrected chi connectivity index (χ4v) is 2.82. The summed E-state index contributed by atoms with van der Waals surface area (Å²) in [6, 6.07) is 16.4. The van der Waals surface area contributed by atoms with Gasteiger partial charge in [0.05, 0.1) is 11.1 Å². The minimum absolute atomic E-state index is 0.118. The molecule has 4 nitrogen and oxygen atoms in total. The van der Waals surface area contributed by atoms with Crippen molar-refractivity contribution >= 4 is 12.0 Å². The Morgan fingerprint density at radius 1 is 1.00 bits per heavy atom. The molecule has 0 unspecified atom stereocenters. The van der Waals surface area contributed by atoms with E-state index < -0.39 is 17.7 Å². The number of ether oxygens (including phenoxy) is 2. The highest BCUT2D eigenvalue weighted by atomic mass is 19.4. The number of carboxylic acid groups (broad SMARTS) is 1. The van der Waals surface area contributed by atoms with E-state index >= 15 is 0 Å². The molecule has 1 N–H and O–H groups in total. The van der Waals surface area contributed by atoms with E-state index in [0.717, 1.165) is 17.7 Å². The largest absolute Gasteiger partial charge is 0.486 e. The number of halogens is 3. The topological polar surface area (TPSA) is 55.8 Å². The number of hydrogen-bond donors (Lipinski definition) is 1. The van der Waals surface area contributed by atoms with Crippen molar-refractivity contribution in [3.05, 3.63) is 95.1 Å². The van der Waals surface area contributed by atoms with E-state index in [1.807, 2.05) is 0 Å². The molecule has 0 aromatic heterocycles. The molecule has 0 aliphatic rings. The Hall–Kier alpha value is -3.74. The first-order valence-electron chi connectivity index (χ1n) is 9.31. The van der Waals surface area contributed by atoms with Gasteiger partial charge < -0.3 is 14.6 Å². The number of para-hydroxylation sites is 2. The van der Waals surface area contributed by atoms with Crippen molar-refractivity contribution in [3.8, 4) is 17.2 Å². The van der Waals surface area contributed by atoms with Gasteiger partial charge in [-0.25, -0.2) is 4.79 Å². The molecule has 0 saturated heterocycles. The van der Waals surface area contributed by atoms with Crippen LogP contribution in [0.5, 0.6) is 17.2 Å². The number of benzene rings is 3. The first-order chi connectivity index (χ1) is 14.7. The van der Waals surface area contributed by atoms with Gasteiger partial charge in [0, 0.05) is 0 Å². The number of aryl methyl sites for hydroxylation is 1. The van der Waals surface area contributed by atoms with Crippen molar-refractivity contribution in [2.24, 2.45) is 0 Å². The van der Waals surface area contributed by atoms with Crippen molar-refractivity contribution in [2.45, 2.75) is 13.1 Å². The van der Waals surface area contributed by atoms with Gasteiger partial charge >= 0.3 is 12.1 Å². The molecule has 0 radical (unpaired) electrons. The van der Waals surface area contributed by atoms with Crippen molar-refractivity contribution in [1.82, 2.24) is 0 Å². The number of alkyl halides is 3. The second-order valence-corrected chi connectivity index (χ2v) is 6.72. The van der Waals surface area contributed by atoms with Crippen molar-refractivity contribution in [3.63, 3.8) is 0 Å². The predicted octanol–water partition coefficient (Wildman–Crippen LogP) is 6.60. The number of carbonyl (C=O) groups is 1. The standard InChI is InChI=1S/C24H19F3O4/c1-16-13-18(23(28)29)15-20(14-16)31-22-7-3-2-6-21(22)30-12-4-5-17-8-10-19(11-9-17)24(25,26)27/h2-11,13-15H,12H2,1H3,(H,28,29). The number of hydrogen-bond acceptors (Lipinski definition) is 3. The Balaban J connectivity index is 1.66. The maximum Gasteiger partial charge on any atom is 0.416 e. The molecule has 0 saturated carbocycles.